The van der Waals surface area contributed by atoms with E-state index in [4.69, 9.17) is 0 Å². The second-order valence-electron chi connectivity index (χ2n) is 4.68. The van der Waals surface area contributed by atoms with Gasteiger partial charge in [0.15, 0.2) is 16.3 Å². The maximum absolute atomic E-state index is 12.7. The van der Waals surface area contributed by atoms with Gasteiger partial charge in [0.05, 0.1) is 0 Å². The maximum atomic E-state index is 12.7. The summed E-state index contributed by atoms with van der Waals surface area (Å²) in [7, 11) is 0. The van der Waals surface area contributed by atoms with Gasteiger partial charge in [-0.25, -0.2) is 9.97 Å². The van der Waals surface area contributed by atoms with Gasteiger partial charge in [0.2, 0.25) is 0 Å². The Morgan fingerprint density at radius 3 is 2.90 bits per heavy atom. The quantitative estimate of drug-likeness (QED) is 0.642. The molecular weight excluding hydrogens is 272 g/mol. The third-order valence-electron chi connectivity index (χ3n) is 3.42. The summed E-state index contributed by atoms with van der Waals surface area (Å²) in [5, 5.41) is 0.784. The summed E-state index contributed by atoms with van der Waals surface area (Å²) in [5.74, 6) is 1.01. The fraction of sp³-hybridized carbons (Fsp3) is 0.214. The zero-order valence-electron chi connectivity index (χ0n) is 10.7. The standard InChI is InChI=1S/C14H12N4OS/c19-13-11-12(16-14-17(13)7-4-8-20-14)15-9-18(11)10-5-2-1-3-6-10/h1-3,5-6,9H,4,7-8H2. The van der Waals surface area contributed by atoms with Gasteiger partial charge in [-0.15, -0.1) is 0 Å². The lowest BCUT2D eigenvalue weighted by Crippen LogP contribution is -2.27. The molecule has 0 aliphatic carbocycles. The fourth-order valence-corrected chi connectivity index (χ4v) is 3.40. The molecule has 100 valence electrons. The van der Waals surface area contributed by atoms with Crippen LogP contribution in [0.15, 0.2) is 46.6 Å². The molecule has 0 bridgehead atoms. The van der Waals surface area contributed by atoms with Crippen molar-refractivity contribution in [2.24, 2.45) is 0 Å². The Hall–Kier alpha value is -2.08. The highest BCUT2D eigenvalue weighted by Crippen LogP contribution is 2.23. The van der Waals surface area contributed by atoms with Crippen LogP contribution in [0.3, 0.4) is 0 Å². The number of aromatic nitrogens is 4. The van der Waals surface area contributed by atoms with Crippen LogP contribution in [0, 0.1) is 0 Å². The van der Waals surface area contributed by atoms with Crippen molar-refractivity contribution in [2.45, 2.75) is 18.1 Å². The van der Waals surface area contributed by atoms with Crippen molar-refractivity contribution in [2.75, 3.05) is 5.75 Å². The first kappa shape index (κ1) is 11.7. The van der Waals surface area contributed by atoms with Crippen LogP contribution in [-0.2, 0) is 6.54 Å². The summed E-state index contributed by atoms with van der Waals surface area (Å²) < 4.78 is 3.58. The Morgan fingerprint density at radius 1 is 1.20 bits per heavy atom. The molecule has 0 saturated carbocycles. The second kappa shape index (κ2) is 4.49. The van der Waals surface area contributed by atoms with Gasteiger partial charge in [-0.2, -0.15) is 0 Å². The van der Waals surface area contributed by atoms with Gasteiger partial charge < -0.3 is 0 Å². The summed E-state index contributed by atoms with van der Waals surface area (Å²) in [4.78, 5) is 21.5. The van der Waals surface area contributed by atoms with Gasteiger partial charge in [0.1, 0.15) is 6.33 Å². The molecule has 0 unspecified atom stereocenters. The van der Waals surface area contributed by atoms with Gasteiger partial charge in [-0.3, -0.25) is 13.9 Å². The lowest BCUT2D eigenvalue weighted by molar-refractivity contribution is 0.570. The van der Waals surface area contributed by atoms with E-state index in [9.17, 15) is 4.79 Å². The van der Waals surface area contributed by atoms with Gasteiger partial charge >= 0.3 is 0 Å². The Kier molecular flexibility index (Phi) is 2.63. The summed E-state index contributed by atoms with van der Waals surface area (Å²) in [6, 6.07) is 9.76. The van der Waals surface area contributed by atoms with E-state index in [0.717, 1.165) is 29.6 Å². The highest BCUT2D eigenvalue weighted by molar-refractivity contribution is 7.99. The topological polar surface area (TPSA) is 52.7 Å². The van der Waals surface area contributed by atoms with Crippen molar-refractivity contribution < 1.29 is 0 Å². The second-order valence-corrected chi connectivity index (χ2v) is 5.74. The van der Waals surface area contributed by atoms with Gasteiger partial charge in [0, 0.05) is 18.0 Å². The number of benzene rings is 1. The molecule has 1 aromatic carbocycles. The molecule has 1 aliphatic heterocycles. The number of fused-ring (bicyclic) bond motifs is 2. The van der Waals surface area contributed by atoms with E-state index in [1.54, 1.807) is 22.7 Å². The molecule has 0 saturated heterocycles. The van der Waals surface area contributed by atoms with E-state index in [0.29, 0.717) is 11.2 Å². The Balaban J connectivity index is 2.04. The molecule has 0 spiro atoms. The first-order valence-electron chi connectivity index (χ1n) is 6.51. The molecule has 2 aromatic heterocycles. The van der Waals surface area contributed by atoms with E-state index in [-0.39, 0.29) is 5.56 Å². The average Bonchev–Trinajstić information content (AvgIpc) is 2.92. The Bertz CT molecular complexity index is 837. The molecule has 0 atom stereocenters. The minimum Gasteiger partial charge on any atom is -0.293 e. The summed E-state index contributed by atoms with van der Waals surface area (Å²) in [6.07, 6.45) is 2.68. The maximum Gasteiger partial charge on any atom is 0.280 e. The molecule has 3 aromatic rings. The van der Waals surface area contributed by atoms with Crippen LogP contribution in [0.2, 0.25) is 0 Å². The third-order valence-corrected chi connectivity index (χ3v) is 4.48. The molecule has 20 heavy (non-hydrogen) atoms. The zero-order chi connectivity index (χ0) is 13.5. The number of hydrogen-bond acceptors (Lipinski definition) is 4. The molecule has 0 fully saturated rings. The van der Waals surface area contributed by atoms with E-state index in [1.165, 1.54) is 0 Å². The molecular formula is C14H12N4OS. The van der Waals surface area contributed by atoms with E-state index in [1.807, 2.05) is 34.9 Å². The predicted molar refractivity (Wildman–Crippen MR) is 78.5 cm³/mol. The first-order chi connectivity index (χ1) is 9.84. The van der Waals surface area contributed by atoms with Crippen LogP contribution in [0.5, 0.6) is 0 Å². The number of rotatable bonds is 1. The van der Waals surface area contributed by atoms with Crippen molar-refractivity contribution in [1.82, 2.24) is 19.1 Å². The highest BCUT2D eigenvalue weighted by atomic mass is 32.2. The van der Waals surface area contributed by atoms with Gasteiger partial charge in [-0.1, -0.05) is 30.0 Å². The average molecular weight is 284 g/mol. The predicted octanol–water partition coefficient (Wildman–Crippen LogP) is 2.08. The zero-order valence-corrected chi connectivity index (χ0v) is 11.5. The summed E-state index contributed by atoms with van der Waals surface area (Å²) >= 11 is 1.63. The van der Waals surface area contributed by atoms with Crippen LogP contribution in [0.25, 0.3) is 16.9 Å². The largest absolute Gasteiger partial charge is 0.293 e. The Labute approximate surface area is 119 Å². The molecule has 0 amide bonds. The lowest BCUT2D eigenvalue weighted by atomic mass is 10.3. The van der Waals surface area contributed by atoms with E-state index in [2.05, 4.69) is 9.97 Å². The minimum atomic E-state index is -0.00134. The van der Waals surface area contributed by atoms with Crippen molar-refractivity contribution in [3.63, 3.8) is 0 Å². The number of hydrogen-bond donors (Lipinski definition) is 0. The van der Waals surface area contributed by atoms with Crippen LogP contribution < -0.4 is 5.56 Å². The molecule has 5 nitrogen and oxygen atoms in total. The number of thioether (sulfide) groups is 1. The molecule has 0 N–H and O–H groups in total. The van der Waals surface area contributed by atoms with Crippen LogP contribution in [-0.4, -0.2) is 24.9 Å². The van der Waals surface area contributed by atoms with Crippen LogP contribution in [0.1, 0.15) is 6.42 Å². The molecule has 0 radical (unpaired) electrons. The highest BCUT2D eigenvalue weighted by Gasteiger charge is 2.18. The number of nitrogens with zero attached hydrogens (tertiary/aromatic N) is 4. The number of imidazole rings is 1. The minimum absolute atomic E-state index is 0.00134. The SMILES string of the molecule is O=c1c2c(ncn2-c2ccccc2)nc2n1CCCS2. The van der Waals surface area contributed by atoms with E-state index >= 15 is 0 Å². The van der Waals surface area contributed by atoms with Crippen molar-refractivity contribution in [3.05, 3.63) is 47.0 Å². The van der Waals surface area contributed by atoms with Crippen LogP contribution >= 0.6 is 11.8 Å². The smallest absolute Gasteiger partial charge is 0.280 e. The summed E-state index contributed by atoms with van der Waals surface area (Å²) in [6.45, 7) is 0.740. The van der Waals surface area contributed by atoms with Crippen LogP contribution in [0.4, 0.5) is 0 Å². The van der Waals surface area contributed by atoms with Crippen molar-refractivity contribution in [1.29, 1.82) is 0 Å². The van der Waals surface area contributed by atoms with Crippen molar-refractivity contribution >= 4 is 22.9 Å². The molecule has 6 heteroatoms. The first-order valence-corrected chi connectivity index (χ1v) is 7.49. The van der Waals surface area contributed by atoms with Gasteiger partial charge in [-0.05, 0) is 18.6 Å². The fourth-order valence-electron chi connectivity index (χ4n) is 2.46. The monoisotopic (exact) mass is 284 g/mol. The lowest BCUT2D eigenvalue weighted by Gasteiger charge is -2.16. The molecule has 1 aliphatic rings. The third kappa shape index (κ3) is 1.68. The van der Waals surface area contributed by atoms with Crippen molar-refractivity contribution in [3.8, 4) is 5.69 Å². The van der Waals surface area contributed by atoms with Gasteiger partial charge in [0.25, 0.3) is 5.56 Å². The summed E-state index contributed by atoms with van der Waals surface area (Å²) in [5.41, 5.74) is 2.01. The normalized spacial score (nSPS) is 14.4. The molecule has 3 heterocycles. The molecule has 4 rings (SSSR count). The van der Waals surface area contributed by atoms with E-state index < -0.39 is 0 Å². The Morgan fingerprint density at radius 2 is 2.05 bits per heavy atom. The number of para-hydroxylation sites is 1.